The second kappa shape index (κ2) is 6.65. The Bertz CT molecular complexity index is 406. The standard InChI is InChI=1S/C13H20F2N2O2/c1-3-13(4-2,9-18)16-12(19)10-6-5-7-17(10)8-11(14)15/h5-7,11,18H,3-4,8-9H2,1-2H3,(H,16,19). The molecule has 1 aromatic heterocycles. The maximum Gasteiger partial charge on any atom is 0.268 e. The minimum absolute atomic E-state index is 0.179. The molecule has 1 aromatic rings. The number of aliphatic hydroxyl groups excluding tert-OH is 1. The highest BCUT2D eigenvalue weighted by Crippen LogP contribution is 2.16. The van der Waals surface area contributed by atoms with Crippen molar-refractivity contribution >= 4 is 5.91 Å². The number of halogens is 2. The number of alkyl halides is 2. The summed E-state index contributed by atoms with van der Waals surface area (Å²) in [6, 6.07) is 3.04. The van der Waals surface area contributed by atoms with Gasteiger partial charge in [0.25, 0.3) is 12.3 Å². The average molecular weight is 274 g/mol. The molecule has 1 heterocycles. The van der Waals surface area contributed by atoms with Gasteiger partial charge in [-0.2, -0.15) is 0 Å². The molecule has 0 fully saturated rings. The van der Waals surface area contributed by atoms with Crippen LogP contribution in [0, 0.1) is 0 Å². The fourth-order valence-corrected chi connectivity index (χ4v) is 1.92. The van der Waals surface area contributed by atoms with Gasteiger partial charge in [-0.1, -0.05) is 13.8 Å². The monoisotopic (exact) mass is 274 g/mol. The number of nitrogens with one attached hydrogen (secondary N) is 1. The fourth-order valence-electron chi connectivity index (χ4n) is 1.92. The van der Waals surface area contributed by atoms with Crippen molar-refractivity contribution in [2.45, 2.75) is 45.2 Å². The fraction of sp³-hybridized carbons (Fsp3) is 0.615. The van der Waals surface area contributed by atoms with Crippen molar-refractivity contribution in [3.8, 4) is 0 Å². The van der Waals surface area contributed by atoms with Crippen molar-refractivity contribution in [3.63, 3.8) is 0 Å². The molecule has 2 N–H and O–H groups in total. The van der Waals surface area contributed by atoms with Gasteiger partial charge in [0.05, 0.1) is 18.7 Å². The van der Waals surface area contributed by atoms with Crippen LogP contribution in [-0.4, -0.2) is 34.2 Å². The third-order valence-electron chi connectivity index (χ3n) is 3.43. The summed E-state index contributed by atoms with van der Waals surface area (Å²) in [6.45, 7) is 3.03. The minimum atomic E-state index is -2.51. The Morgan fingerprint density at radius 2 is 2.11 bits per heavy atom. The van der Waals surface area contributed by atoms with Gasteiger partial charge in [0, 0.05) is 6.20 Å². The van der Waals surface area contributed by atoms with E-state index in [0.717, 1.165) is 0 Å². The summed E-state index contributed by atoms with van der Waals surface area (Å²) in [5, 5.41) is 12.1. The highest BCUT2D eigenvalue weighted by atomic mass is 19.3. The summed E-state index contributed by atoms with van der Waals surface area (Å²) in [5.41, 5.74) is -0.517. The van der Waals surface area contributed by atoms with Gasteiger partial charge in [-0.05, 0) is 25.0 Å². The summed E-state index contributed by atoms with van der Waals surface area (Å²) < 4.78 is 26.0. The quantitative estimate of drug-likeness (QED) is 0.799. The SMILES string of the molecule is CCC(CC)(CO)NC(=O)c1cccn1CC(F)F. The van der Waals surface area contributed by atoms with Crippen LogP contribution in [0.4, 0.5) is 8.78 Å². The molecule has 0 aliphatic carbocycles. The van der Waals surface area contributed by atoms with Crippen molar-refractivity contribution in [2.24, 2.45) is 0 Å². The Morgan fingerprint density at radius 3 is 2.58 bits per heavy atom. The van der Waals surface area contributed by atoms with E-state index in [-0.39, 0.29) is 12.3 Å². The zero-order chi connectivity index (χ0) is 14.5. The van der Waals surface area contributed by atoms with Crippen LogP contribution in [0.25, 0.3) is 0 Å². The molecule has 0 saturated heterocycles. The first-order chi connectivity index (χ1) is 8.98. The molecule has 0 aromatic carbocycles. The number of rotatable bonds is 7. The molecule has 1 rings (SSSR count). The lowest BCUT2D eigenvalue weighted by Crippen LogP contribution is -2.50. The van der Waals surface area contributed by atoms with E-state index < -0.39 is 24.4 Å². The van der Waals surface area contributed by atoms with Crippen molar-refractivity contribution in [2.75, 3.05) is 6.61 Å². The second-order valence-corrected chi connectivity index (χ2v) is 4.54. The van der Waals surface area contributed by atoms with Gasteiger partial charge < -0.3 is 15.0 Å². The molecule has 6 heteroatoms. The number of aromatic nitrogens is 1. The van der Waals surface area contributed by atoms with E-state index >= 15 is 0 Å². The molecule has 19 heavy (non-hydrogen) atoms. The third kappa shape index (κ3) is 3.76. The van der Waals surface area contributed by atoms with Crippen LogP contribution in [0.3, 0.4) is 0 Å². The lowest BCUT2D eigenvalue weighted by molar-refractivity contribution is 0.0799. The van der Waals surface area contributed by atoms with Gasteiger partial charge in [0.2, 0.25) is 0 Å². The summed E-state index contributed by atoms with van der Waals surface area (Å²) in [7, 11) is 0. The van der Waals surface area contributed by atoms with Gasteiger partial charge >= 0.3 is 0 Å². The summed E-state index contributed by atoms with van der Waals surface area (Å²) in [4.78, 5) is 12.1. The van der Waals surface area contributed by atoms with Gasteiger partial charge in [-0.15, -0.1) is 0 Å². The Morgan fingerprint density at radius 1 is 1.47 bits per heavy atom. The van der Waals surface area contributed by atoms with E-state index in [1.165, 1.54) is 16.8 Å². The first-order valence-electron chi connectivity index (χ1n) is 6.34. The van der Waals surface area contributed by atoms with E-state index in [2.05, 4.69) is 5.32 Å². The number of hydrogen-bond acceptors (Lipinski definition) is 2. The van der Waals surface area contributed by atoms with Crippen LogP contribution in [-0.2, 0) is 6.54 Å². The highest BCUT2D eigenvalue weighted by Gasteiger charge is 2.28. The van der Waals surface area contributed by atoms with E-state index in [1.807, 2.05) is 13.8 Å². The Balaban J connectivity index is 2.86. The molecule has 0 aliphatic heterocycles. The smallest absolute Gasteiger partial charge is 0.268 e. The van der Waals surface area contributed by atoms with Crippen LogP contribution < -0.4 is 5.32 Å². The normalized spacial score (nSPS) is 11.9. The Hall–Kier alpha value is -1.43. The van der Waals surface area contributed by atoms with Gasteiger partial charge in [0.1, 0.15) is 5.69 Å². The van der Waals surface area contributed by atoms with E-state index in [4.69, 9.17) is 0 Å². The number of amides is 1. The predicted molar refractivity (Wildman–Crippen MR) is 68.3 cm³/mol. The number of aliphatic hydroxyl groups is 1. The van der Waals surface area contributed by atoms with Gasteiger partial charge in [-0.3, -0.25) is 4.79 Å². The molecule has 0 saturated carbocycles. The zero-order valence-electron chi connectivity index (χ0n) is 11.2. The zero-order valence-corrected chi connectivity index (χ0v) is 11.2. The maximum atomic E-state index is 12.4. The highest BCUT2D eigenvalue weighted by molar-refractivity contribution is 5.93. The lowest BCUT2D eigenvalue weighted by Gasteiger charge is -2.30. The number of hydrogen-bond donors (Lipinski definition) is 2. The van der Waals surface area contributed by atoms with Crippen LogP contribution in [0.15, 0.2) is 18.3 Å². The Kier molecular flexibility index (Phi) is 5.47. The van der Waals surface area contributed by atoms with Gasteiger partial charge in [0.15, 0.2) is 0 Å². The molecule has 0 radical (unpaired) electrons. The molecule has 108 valence electrons. The summed E-state index contributed by atoms with van der Waals surface area (Å²) in [6.07, 6.45) is 0.0706. The maximum absolute atomic E-state index is 12.4. The molecule has 0 bridgehead atoms. The minimum Gasteiger partial charge on any atom is -0.394 e. The second-order valence-electron chi connectivity index (χ2n) is 4.54. The average Bonchev–Trinajstić information content (AvgIpc) is 2.83. The molecule has 0 aliphatic rings. The van der Waals surface area contributed by atoms with E-state index in [0.29, 0.717) is 12.8 Å². The molecule has 0 spiro atoms. The lowest BCUT2D eigenvalue weighted by atomic mass is 9.93. The first kappa shape index (κ1) is 15.6. The predicted octanol–water partition coefficient (Wildman–Crippen LogP) is 2.03. The number of carbonyl (C=O) groups is 1. The molecule has 1 amide bonds. The molecule has 0 unspecified atom stereocenters. The van der Waals surface area contributed by atoms with Crippen molar-refractivity contribution < 1.29 is 18.7 Å². The Labute approximate surface area is 111 Å². The van der Waals surface area contributed by atoms with E-state index in [9.17, 15) is 18.7 Å². The molecular weight excluding hydrogens is 254 g/mol. The molecule has 0 atom stereocenters. The van der Waals surface area contributed by atoms with Crippen LogP contribution in [0.1, 0.15) is 37.2 Å². The molecular formula is C13H20F2N2O2. The van der Waals surface area contributed by atoms with Crippen molar-refractivity contribution in [1.82, 2.24) is 9.88 Å². The first-order valence-corrected chi connectivity index (χ1v) is 6.34. The summed E-state index contributed by atoms with van der Waals surface area (Å²) in [5.74, 6) is -0.441. The summed E-state index contributed by atoms with van der Waals surface area (Å²) >= 11 is 0. The van der Waals surface area contributed by atoms with Crippen LogP contribution in [0.2, 0.25) is 0 Å². The van der Waals surface area contributed by atoms with Gasteiger partial charge in [-0.25, -0.2) is 8.78 Å². The number of carbonyl (C=O) groups excluding carboxylic acids is 1. The molecule has 4 nitrogen and oxygen atoms in total. The van der Waals surface area contributed by atoms with E-state index in [1.54, 1.807) is 6.07 Å². The van der Waals surface area contributed by atoms with Crippen LogP contribution in [0.5, 0.6) is 0 Å². The van der Waals surface area contributed by atoms with Crippen molar-refractivity contribution in [1.29, 1.82) is 0 Å². The largest absolute Gasteiger partial charge is 0.394 e. The van der Waals surface area contributed by atoms with Crippen LogP contribution >= 0.6 is 0 Å². The number of nitrogens with zero attached hydrogens (tertiary/aromatic N) is 1. The third-order valence-corrected chi connectivity index (χ3v) is 3.43. The van der Waals surface area contributed by atoms with Crippen molar-refractivity contribution in [3.05, 3.63) is 24.0 Å². The topological polar surface area (TPSA) is 54.3 Å².